The molecule has 22 heavy (non-hydrogen) atoms. The lowest BCUT2D eigenvalue weighted by atomic mass is 10.1. The first-order valence-electron chi connectivity index (χ1n) is 6.34. The van der Waals surface area contributed by atoms with Crippen molar-refractivity contribution >= 4 is 12.0 Å². The molecule has 114 valence electrons. The summed E-state index contributed by atoms with van der Waals surface area (Å²) in [5, 5.41) is 38.0. The molecular formula is C16H14O6. The average molecular weight is 302 g/mol. The van der Waals surface area contributed by atoms with Crippen molar-refractivity contribution in [3.63, 3.8) is 0 Å². The Morgan fingerprint density at radius 3 is 2.32 bits per heavy atom. The number of carbonyl (C=O) groups excluding carboxylic acids is 1. The van der Waals surface area contributed by atoms with Crippen LogP contribution >= 0.6 is 0 Å². The smallest absolute Gasteiger partial charge is 0.158 e. The van der Waals surface area contributed by atoms with E-state index in [2.05, 4.69) is 0 Å². The molecule has 6 heteroatoms. The lowest BCUT2D eigenvalue weighted by Crippen LogP contribution is -1.98. The quantitative estimate of drug-likeness (QED) is 0.393. The van der Waals surface area contributed by atoms with Crippen molar-refractivity contribution < 1.29 is 30.0 Å². The number of aldehydes is 1. The molecule has 0 aliphatic carbocycles. The normalized spacial score (nSPS) is 11.2. The number of aromatic hydroxyl groups is 4. The number of hydrogen-bond acceptors (Lipinski definition) is 6. The summed E-state index contributed by atoms with van der Waals surface area (Å²) in [6, 6.07) is 6.30. The zero-order valence-electron chi connectivity index (χ0n) is 11.6. The molecule has 0 bridgehead atoms. The van der Waals surface area contributed by atoms with E-state index in [1.165, 1.54) is 24.3 Å². The van der Waals surface area contributed by atoms with Gasteiger partial charge in [0.05, 0.1) is 5.56 Å². The van der Waals surface area contributed by atoms with Gasteiger partial charge >= 0.3 is 0 Å². The van der Waals surface area contributed by atoms with E-state index in [9.17, 15) is 25.2 Å². The molecule has 4 N–H and O–H groups in total. The van der Waals surface area contributed by atoms with Crippen LogP contribution in [0.15, 0.2) is 36.4 Å². The van der Waals surface area contributed by atoms with Crippen LogP contribution in [0.2, 0.25) is 0 Å². The van der Waals surface area contributed by atoms with Gasteiger partial charge in [-0.1, -0.05) is 0 Å². The van der Waals surface area contributed by atoms with Crippen molar-refractivity contribution in [3.05, 3.63) is 47.5 Å². The van der Waals surface area contributed by atoms with Crippen molar-refractivity contribution in [1.29, 1.82) is 0 Å². The van der Waals surface area contributed by atoms with E-state index in [0.717, 1.165) is 6.07 Å². The van der Waals surface area contributed by atoms with Crippen LogP contribution in [0.1, 0.15) is 22.8 Å². The van der Waals surface area contributed by atoms with Crippen molar-refractivity contribution in [3.8, 4) is 28.7 Å². The topological polar surface area (TPSA) is 107 Å². The number of phenols is 4. The summed E-state index contributed by atoms with van der Waals surface area (Å²) in [5.74, 6) is -1.04. The van der Waals surface area contributed by atoms with Gasteiger partial charge in [0, 0.05) is 17.7 Å². The van der Waals surface area contributed by atoms with Crippen LogP contribution in [0.4, 0.5) is 0 Å². The third-order valence-corrected chi connectivity index (χ3v) is 2.96. The van der Waals surface area contributed by atoms with E-state index in [1.54, 1.807) is 13.0 Å². The highest BCUT2D eigenvalue weighted by Gasteiger charge is 2.14. The second-order valence-corrected chi connectivity index (χ2v) is 4.45. The standard InChI is InChI=1S/C16H14O6/c1-2-15(9-3-4-12(19)14(21)5-9)22-16-7-10(18)6-13(20)11(16)8-17/h2-8,18-21H,1H3/b15-2-. The molecule has 0 saturated heterocycles. The van der Waals surface area contributed by atoms with Crippen molar-refractivity contribution in [2.24, 2.45) is 0 Å². The van der Waals surface area contributed by atoms with Gasteiger partial charge in [0.1, 0.15) is 23.0 Å². The van der Waals surface area contributed by atoms with E-state index in [1.807, 2.05) is 0 Å². The summed E-state index contributed by atoms with van der Waals surface area (Å²) in [6.45, 7) is 1.67. The number of phenolic OH excluding ortho intramolecular Hbond substituents is 4. The molecule has 2 aromatic rings. The van der Waals surface area contributed by atoms with Gasteiger partial charge in [0.25, 0.3) is 0 Å². The fourth-order valence-corrected chi connectivity index (χ4v) is 1.88. The highest BCUT2D eigenvalue weighted by Crippen LogP contribution is 2.35. The Morgan fingerprint density at radius 2 is 1.73 bits per heavy atom. The molecule has 2 rings (SSSR count). The monoisotopic (exact) mass is 302 g/mol. The van der Waals surface area contributed by atoms with Gasteiger partial charge in [0.15, 0.2) is 17.8 Å². The summed E-state index contributed by atoms with van der Waals surface area (Å²) in [4.78, 5) is 11.1. The molecule has 0 heterocycles. The predicted molar refractivity (Wildman–Crippen MR) is 79.2 cm³/mol. The summed E-state index contributed by atoms with van der Waals surface area (Å²) in [5.41, 5.74) is 0.331. The van der Waals surface area contributed by atoms with Gasteiger partial charge in [0.2, 0.25) is 0 Å². The van der Waals surface area contributed by atoms with Gasteiger partial charge in [-0.05, 0) is 31.2 Å². The fraction of sp³-hybridized carbons (Fsp3) is 0.0625. The Labute approximate surface area is 126 Å². The van der Waals surface area contributed by atoms with E-state index < -0.39 is 5.75 Å². The molecule has 6 nitrogen and oxygen atoms in total. The first-order valence-corrected chi connectivity index (χ1v) is 6.34. The van der Waals surface area contributed by atoms with E-state index >= 15 is 0 Å². The Balaban J connectivity index is 2.43. The van der Waals surface area contributed by atoms with Crippen molar-refractivity contribution in [2.45, 2.75) is 6.92 Å². The highest BCUT2D eigenvalue weighted by atomic mass is 16.5. The number of benzene rings is 2. The van der Waals surface area contributed by atoms with E-state index in [-0.39, 0.29) is 34.3 Å². The minimum Gasteiger partial charge on any atom is -0.508 e. The van der Waals surface area contributed by atoms with Crippen molar-refractivity contribution in [2.75, 3.05) is 0 Å². The van der Waals surface area contributed by atoms with Crippen LogP contribution in [-0.2, 0) is 0 Å². The number of allylic oxidation sites excluding steroid dienone is 1. The molecule has 0 saturated carbocycles. The molecular weight excluding hydrogens is 288 g/mol. The minimum absolute atomic E-state index is 0.0341. The van der Waals surface area contributed by atoms with E-state index in [4.69, 9.17) is 4.74 Å². The summed E-state index contributed by atoms with van der Waals surface area (Å²) in [7, 11) is 0. The number of rotatable bonds is 4. The van der Waals surface area contributed by atoms with Gasteiger partial charge in [-0.2, -0.15) is 0 Å². The molecule has 0 fully saturated rings. The maximum Gasteiger partial charge on any atom is 0.158 e. The largest absolute Gasteiger partial charge is 0.508 e. The maximum absolute atomic E-state index is 11.1. The molecule has 0 radical (unpaired) electrons. The zero-order valence-corrected chi connectivity index (χ0v) is 11.6. The SMILES string of the molecule is C/C=C(\Oc1cc(O)cc(O)c1C=O)c1ccc(O)c(O)c1. The van der Waals surface area contributed by atoms with Crippen LogP contribution in [0.3, 0.4) is 0 Å². The van der Waals surface area contributed by atoms with Gasteiger partial charge in [-0.3, -0.25) is 4.79 Å². The maximum atomic E-state index is 11.1. The molecule has 0 aromatic heterocycles. The third-order valence-electron chi connectivity index (χ3n) is 2.96. The molecule has 0 unspecified atom stereocenters. The van der Waals surface area contributed by atoms with Crippen LogP contribution in [-0.4, -0.2) is 26.7 Å². The lowest BCUT2D eigenvalue weighted by Gasteiger charge is -2.13. The van der Waals surface area contributed by atoms with Crippen LogP contribution in [0, 0.1) is 0 Å². The first kappa shape index (κ1) is 15.2. The first-order chi connectivity index (χ1) is 10.5. The summed E-state index contributed by atoms with van der Waals surface area (Å²) < 4.78 is 5.55. The minimum atomic E-state index is -0.408. The Hall–Kier alpha value is -3.15. The summed E-state index contributed by atoms with van der Waals surface area (Å²) >= 11 is 0. The average Bonchev–Trinajstić information content (AvgIpc) is 2.47. The number of hydrogen-bond donors (Lipinski definition) is 4. The number of ether oxygens (including phenoxy) is 1. The Bertz CT molecular complexity index is 749. The second-order valence-electron chi connectivity index (χ2n) is 4.45. The molecule has 0 atom stereocenters. The van der Waals surface area contributed by atoms with Gasteiger partial charge < -0.3 is 25.2 Å². The van der Waals surface area contributed by atoms with Crippen LogP contribution in [0.25, 0.3) is 5.76 Å². The van der Waals surface area contributed by atoms with Crippen molar-refractivity contribution in [1.82, 2.24) is 0 Å². The molecule has 0 aliphatic rings. The van der Waals surface area contributed by atoms with Gasteiger partial charge in [-0.15, -0.1) is 0 Å². The highest BCUT2D eigenvalue weighted by molar-refractivity contribution is 5.85. The number of carbonyl (C=O) groups is 1. The third kappa shape index (κ3) is 2.95. The predicted octanol–water partition coefficient (Wildman–Crippen LogP) is 2.76. The Kier molecular flexibility index (Phi) is 4.22. The fourth-order valence-electron chi connectivity index (χ4n) is 1.88. The molecule has 0 amide bonds. The Morgan fingerprint density at radius 1 is 1.00 bits per heavy atom. The summed E-state index contributed by atoms with van der Waals surface area (Å²) in [6.07, 6.45) is 1.98. The molecule has 0 aliphatic heterocycles. The van der Waals surface area contributed by atoms with E-state index in [0.29, 0.717) is 11.8 Å². The van der Waals surface area contributed by atoms with Crippen LogP contribution in [0.5, 0.6) is 28.7 Å². The van der Waals surface area contributed by atoms with Crippen LogP contribution < -0.4 is 4.74 Å². The second kappa shape index (κ2) is 6.09. The molecule has 2 aromatic carbocycles. The van der Waals surface area contributed by atoms with Gasteiger partial charge in [-0.25, -0.2) is 0 Å². The molecule has 0 spiro atoms. The lowest BCUT2D eigenvalue weighted by molar-refractivity contribution is 0.111. The zero-order chi connectivity index (χ0) is 16.3.